The average molecular weight is 892 g/mol. The van der Waals surface area contributed by atoms with E-state index in [1.165, 1.54) is 205 Å². The van der Waals surface area contributed by atoms with Crippen LogP contribution < -0.4 is 0 Å². The van der Waals surface area contributed by atoms with Gasteiger partial charge in [-0.05, 0) is 31.1 Å². The molecule has 2 atom stereocenters. The van der Waals surface area contributed by atoms with E-state index in [0.717, 1.165) is 69.6 Å². The molecule has 0 aromatic rings. The Labute approximate surface area is 393 Å². The molecule has 0 fully saturated rings. The summed E-state index contributed by atoms with van der Waals surface area (Å²) in [5.74, 6) is 0.889. The zero-order valence-corrected chi connectivity index (χ0v) is 43.2. The lowest BCUT2D eigenvalue weighted by molar-refractivity contribution is -0.167. The van der Waals surface area contributed by atoms with Crippen LogP contribution in [0.25, 0.3) is 0 Å². The van der Waals surface area contributed by atoms with Gasteiger partial charge in [0.05, 0.1) is 0 Å². The highest BCUT2D eigenvalue weighted by Gasteiger charge is 2.19. The summed E-state index contributed by atoms with van der Waals surface area (Å²) in [7, 11) is 0. The average Bonchev–Trinajstić information content (AvgIpc) is 3.27. The van der Waals surface area contributed by atoms with Crippen molar-refractivity contribution in [2.75, 3.05) is 13.2 Å². The molecule has 0 radical (unpaired) electrons. The minimum Gasteiger partial charge on any atom is -0.462 e. The maximum atomic E-state index is 12.8. The van der Waals surface area contributed by atoms with Gasteiger partial charge < -0.3 is 14.2 Å². The summed E-state index contributed by atoms with van der Waals surface area (Å²) in [6.07, 6.45) is 52.4. The Hall–Kier alpha value is -1.59. The van der Waals surface area contributed by atoms with Gasteiger partial charge in [0.15, 0.2) is 6.10 Å². The molecule has 0 rings (SSSR count). The van der Waals surface area contributed by atoms with Crippen LogP contribution in [0.3, 0.4) is 0 Å². The first-order chi connectivity index (χ1) is 30.8. The molecular formula is C57H110O6. The van der Waals surface area contributed by atoms with Crippen molar-refractivity contribution in [2.24, 2.45) is 11.8 Å². The lowest BCUT2D eigenvalue weighted by Gasteiger charge is -2.18. The molecule has 374 valence electrons. The van der Waals surface area contributed by atoms with Gasteiger partial charge in [-0.2, -0.15) is 0 Å². The standard InChI is InChI=1S/C57H110O6/c1-6-8-9-10-11-25-32-37-42-47-55(58)61-50-54(63-57(60)49-44-39-34-29-24-20-21-26-30-35-40-45-52(3)4)51-62-56(59)48-43-38-33-28-23-19-17-15-13-12-14-16-18-22-27-31-36-41-46-53(5)7-2/h52-54H,6-51H2,1-5H3/t53?,54-/m1/s1. The number of hydrogen-bond acceptors (Lipinski definition) is 6. The van der Waals surface area contributed by atoms with E-state index in [1.54, 1.807) is 0 Å². The van der Waals surface area contributed by atoms with Crippen molar-refractivity contribution in [3.05, 3.63) is 0 Å². The van der Waals surface area contributed by atoms with E-state index in [9.17, 15) is 14.4 Å². The van der Waals surface area contributed by atoms with Gasteiger partial charge >= 0.3 is 17.9 Å². The zero-order chi connectivity index (χ0) is 46.1. The van der Waals surface area contributed by atoms with Gasteiger partial charge in [-0.15, -0.1) is 0 Å². The molecule has 0 aliphatic rings. The molecule has 6 nitrogen and oxygen atoms in total. The topological polar surface area (TPSA) is 78.9 Å². The highest BCUT2D eigenvalue weighted by Crippen LogP contribution is 2.18. The molecule has 1 unspecified atom stereocenters. The molecule has 0 amide bonds. The molecule has 0 heterocycles. The monoisotopic (exact) mass is 891 g/mol. The van der Waals surface area contributed by atoms with Crippen LogP contribution >= 0.6 is 0 Å². The predicted octanol–water partition coefficient (Wildman–Crippen LogP) is 18.5. The fourth-order valence-electron chi connectivity index (χ4n) is 8.66. The Kier molecular flexibility index (Phi) is 48.6. The normalized spacial score (nSPS) is 12.5. The lowest BCUT2D eigenvalue weighted by Crippen LogP contribution is -2.30. The van der Waals surface area contributed by atoms with Crippen LogP contribution in [0.15, 0.2) is 0 Å². The largest absolute Gasteiger partial charge is 0.462 e. The quantitative estimate of drug-likeness (QED) is 0.0344. The summed E-state index contributed by atoms with van der Waals surface area (Å²) in [5.41, 5.74) is 0. The molecule has 0 N–H and O–H groups in total. The summed E-state index contributed by atoms with van der Waals surface area (Å²) in [6, 6.07) is 0. The first-order valence-corrected chi connectivity index (χ1v) is 28.3. The first-order valence-electron chi connectivity index (χ1n) is 28.3. The van der Waals surface area contributed by atoms with Crippen molar-refractivity contribution in [2.45, 2.75) is 323 Å². The van der Waals surface area contributed by atoms with Crippen LogP contribution in [0.5, 0.6) is 0 Å². The van der Waals surface area contributed by atoms with Gasteiger partial charge in [0, 0.05) is 19.3 Å². The Balaban J connectivity index is 4.17. The maximum Gasteiger partial charge on any atom is 0.306 e. The third-order valence-corrected chi connectivity index (χ3v) is 13.3. The smallest absolute Gasteiger partial charge is 0.306 e. The molecule has 0 saturated carbocycles. The van der Waals surface area contributed by atoms with Crippen LogP contribution in [0.2, 0.25) is 0 Å². The molecule has 6 heteroatoms. The number of carbonyl (C=O) groups is 3. The SMILES string of the molecule is CCCCCCCCCCCC(=O)OC[C@H](COC(=O)CCCCCCCCCCCCCCCCCCCCC(C)CC)OC(=O)CCCCCCCCCCCCCC(C)C. The number of ether oxygens (including phenoxy) is 3. The fourth-order valence-corrected chi connectivity index (χ4v) is 8.66. The Bertz CT molecular complexity index is 964. The van der Waals surface area contributed by atoms with Crippen molar-refractivity contribution in [3.63, 3.8) is 0 Å². The highest BCUT2D eigenvalue weighted by atomic mass is 16.6. The third-order valence-electron chi connectivity index (χ3n) is 13.3. The van der Waals surface area contributed by atoms with Crippen LogP contribution in [-0.2, 0) is 28.6 Å². The second-order valence-corrected chi connectivity index (χ2v) is 20.3. The number of carbonyl (C=O) groups excluding carboxylic acids is 3. The summed E-state index contributed by atoms with van der Waals surface area (Å²) >= 11 is 0. The molecule has 0 bridgehead atoms. The Morgan fingerprint density at radius 2 is 0.603 bits per heavy atom. The van der Waals surface area contributed by atoms with Crippen LogP contribution in [0.4, 0.5) is 0 Å². The summed E-state index contributed by atoms with van der Waals surface area (Å²) in [6.45, 7) is 11.4. The van der Waals surface area contributed by atoms with E-state index in [4.69, 9.17) is 14.2 Å². The molecule has 0 spiro atoms. The molecule has 0 aromatic carbocycles. The molecule has 0 aliphatic heterocycles. The second-order valence-electron chi connectivity index (χ2n) is 20.3. The molecule has 0 aromatic heterocycles. The Morgan fingerprint density at radius 3 is 0.905 bits per heavy atom. The maximum absolute atomic E-state index is 12.8. The van der Waals surface area contributed by atoms with Gasteiger partial charge in [0.1, 0.15) is 13.2 Å². The van der Waals surface area contributed by atoms with Crippen LogP contribution in [0, 0.1) is 11.8 Å². The summed E-state index contributed by atoms with van der Waals surface area (Å²) in [4.78, 5) is 38.0. The number of unbranched alkanes of at least 4 members (excludes halogenated alkanes) is 35. The minimum atomic E-state index is -0.761. The number of hydrogen-bond donors (Lipinski definition) is 0. The van der Waals surface area contributed by atoms with Crippen LogP contribution in [-0.4, -0.2) is 37.2 Å². The van der Waals surface area contributed by atoms with Crippen molar-refractivity contribution in [1.82, 2.24) is 0 Å². The van der Waals surface area contributed by atoms with Gasteiger partial charge in [-0.3, -0.25) is 14.4 Å². The molecule has 63 heavy (non-hydrogen) atoms. The van der Waals surface area contributed by atoms with Crippen molar-refractivity contribution >= 4 is 17.9 Å². The lowest BCUT2D eigenvalue weighted by atomic mass is 9.99. The van der Waals surface area contributed by atoms with E-state index in [1.807, 2.05) is 0 Å². The zero-order valence-electron chi connectivity index (χ0n) is 43.2. The van der Waals surface area contributed by atoms with E-state index in [2.05, 4.69) is 34.6 Å². The van der Waals surface area contributed by atoms with Crippen LogP contribution in [0.1, 0.15) is 317 Å². The summed E-state index contributed by atoms with van der Waals surface area (Å²) in [5, 5.41) is 0. The molecular weight excluding hydrogens is 781 g/mol. The fraction of sp³-hybridized carbons (Fsp3) is 0.947. The van der Waals surface area contributed by atoms with Gasteiger partial charge in [-0.25, -0.2) is 0 Å². The van der Waals surface area contributed by atoms with Gasteiger partial charge in [0.25, 0.3) is 0 Å². The molecule has 0 aliphatic carbocycles. The third kappa shape index (κ3) is 49.7. The first kappa shape index (κ1) is 61.4. The van der Waals surface area contributed by atoms with E-state index < -0.39 is 6.10 Å². The second kappa shape index (κ2) is 49.8. The van der Waals surface area contributed by atoms with E-state index in [-0.39, 0.29) is 31.1 Å². The van der Waals surface area contributed by atoms with E-state index >= 15 is 0 Å². The highest BCUT2D eigenvalue weighted by molar-refractivity contribution is 5.71. The van der Waals surface area contributed by atoms with Crippen molar-refractivity contribution in [3.8, 4) is 0 Å². The number of rotatable bonds is 51. The number of esters is 3. The van der Waals surface area contributed by atoms with E-state index in [0.29, 0.717) is 19.3 Å². The minimum absolute atomic E-state index is 0.0631. The van der Waals surface area contributed by atoms with Gasteiger partial charge in [-0.1, -0.05) is 279 Å². The van der Waals surface area contributed by atoms with Gasteiger partial charge in [0.2, 0.25) is 0 Å². The predicted molar refractivity (Wildman–Crippen MR) is 270 cm³/mol. The summed E-state index contributed by atoms with van der Waals surface area (Å²) < 4.78 is 16.8. The van der Waals surface area contributed by atoms with Crippen molar-refractivity contribution < 1.29 is 28.6 Å². The van der Waals surface area contributed by atoms with Crippen molar-refractivity contribution in [1.29, 1.82) is 0 Å². The Morgan fingerprint density at radius 1 is 0.333 bits per heavy atom. The molecule has 0 saturated heterocycles.